The lowest BCUT2D eigenvalue weighted by molar-refractivity contribution is -0.0912. The monoisotopic (exact) mass is 290 g/mol. The van der Waals surface area contributed by atoms with Crippen molar-refractivity contribution in [2.75, 3.05) is 39.6 Å². The number of aliphatic hydroxyl groups is 2. The first-order valence-electron chi connectivity index (χ1n) is 7.45. The van der Waals surface area contributed by atoms with E-state index in [0.29, 0.717) is 26.4 Å². The maximum Gasteiger partial charge on any atom is 0.0701 e. The summed E-state index contributed by atoms with van der Waals surface area (Å²) in [5, 5.41) is 18.6. The summed E-state index contributed by atoms with van der Waals surface area (Å²) in [5.74, 6) is 0. The predicted molar refractivity (Wildman–Crippen MR) is 81.8 cm³/mol. The van der Waals surface area contributed by atoms with Crippen LogP contribution in [0.1, 0.15) is 48.0 Å². The highest BCUT2D eigenvalue weighted by Crippen LogP contribution is 2.46. The van der Waals surface area contributed by atoms with E-state index in [1.165, 1.54) is 0 Å². The first-order chi connectivity index (χ1) is 9.08. The van der Waals surface area contributed by atoms with Crippen LogP contribution < -0.4 is 0 Å². The summed E-state index contributed by atoms with van der Waals surface area (Å²) in [4.78, 5) is 0. The second kappa shape index (κ2) is 8.32. The molecule has 0 saturated heterocycles. The zero-order valence-corrected chi connectivity index (χ0v) is 14.2. The summed E-state index contributed by atoms with van der Waals surface area (Å²) in [6.45, 7) is 15.0. The van der Waals surface area contributed by atoms with Gasteiger partial charge in [-0.1, -0.05) is 41.5 Å². The molecule has 0 amide bonds. The Hall–Kier alpha value is -0.160. The van der Waals surface area contributed by atoms with E-state index in [2.05, 4.69) is 41.5 Å². The van der Waals surface area contributed by atoms with Crippen LogP contribution in [0.25, 0.3) is 0 Å². The van der Waals surface area contributed by atoms with Gasteiger partial charge in [0.25, 0.3) is 0 Å². The van der Waals surface area contributed by atoms with Crippen molar-refractivity contribution in [2.45, 2.75) is 48.0 Å². The van der Waals surface area contributed by atoms with Gasteiger partial charge < -0.3 is 19.7 Å². The molecule has 0 rings (SSSR count). The van der Waals surface area contributed by atoms with Crippen molar-refractivity contribution in [1.82, 2.24) is 0 Å². The first-order valence-corrected chi connectivity index (χ1v) is 7.45. The number of rotatable bonds is 9. The molecule has 0 spiro atoms. The van der Waals surface area contributed by atoms with Crippen LogP contribution in [0.3, 0.4) is 0 Å². The topological polar surface area (TPSA) is 58.9 Å². The standard InChI is InChI=1S/C16H34O4/c1-14(2,3)11-16(12-18,15(4,5)6)13-20-10-9-19-8-7-17/h17-18H,7-13H2,1-6H3. The summed E-state index contributed by atoms with van der Waals surface area (Å²) in [6, 6.07) is 0. The molecule has 0 heterocycles. The van der Waals surface area contributed by atoms with Crippen LogP contribution in [0.2, 0.25) is 0 Å². The third-order valence-corrected chi connectivity index (χ3v) is 3.75. The lowest BCUT2D eigenvalue weighted by Gasteiger charge is -2.47. The normalized spacial score (nSPS) is 16.2. The van der Waals surface area contributed by atoms with Crippen LogP contribution in [0.4, 0.5) is 0 Å². The highest BCUT2D eigenvalue weighted by molar-refractivity contribution is 4.93. The fraction of sp³-hybridized carbons (Fsp3) is 1.00. The number of hydrogen-bond acceptors (Lipinski definition) is 4. The summed E-state index contributed by atoms with van der Waals surface area (Å²) >= 11 is 0. The molecule has 0 aromatic rings. The smallest absolute Gasteiger partial charge is 0.0701 e. The van der Waals surface area contributed by atoms with Crippen molar-refractivity contribution < 1.29 is 19.7 Å². The number of hydrogen-bond donors (Lipinski definition) is 2. The maximum absolute atomic E-state index is 9.97. The van der Waals surface area contributed by atoms with Crippen LogP contribution in [0, 0.1) is 16.2 Å². The van der Waals surface area contributed by atoms with Gasteiger partial charge in [-0.2, -0.15) is 0 Å². The molecule has 0 radical (unpaired) electrons. The highest BCUT2D eigenvalue weighted by atomic mass is 16.5. The molecule has 0 fully saturated rings. The summed E-state index contributed by atoms with van der Waals surface area (Å²) in [6.07, 6.45) is 0.900. The first kappa shape index (κ1) is 19.8. The number of ether oxygens (including phenoxy) is 2. The van der Waals surface area contributed by atoms with Crippen molar-refractivity contribution in [3.05, 3.63) is 0 Å². The summed E-state index contributed by atoms with van der Waals surface area (Å²) < 4.78 is 10.9. The van der Waals surface area contributed by atoms with Crippen LogP contribution >= 0.6 is 0 Å². The van der Waals surface area contributed by atoms with Crippen molar-refractivity contribution in [3.63, 3.8) is 0 Å². The summed E-state index contributed by atoms with van der Waals surface area (Å²) in [7, 11) is 0. The van der Waals surface area contributed by atoms with Crippen LogP contribution in [0.5, 0.6) is 0 Å². The molecule has 4 heteroatoms. The highest BCUT2D eigenvalue weighted by Gasteiger charge is 2.44. The Balaban J connectivity index is 4.54. The van der Waals surface area contributed by atoms with Crippen molar-refractivity contribution >= 4 is 0 Å². The van der Waals surface area contributed by atoms with Crippen LogP contribution in [-0.4, -0.2) is 49.9 Å². The number of aliphatic hydroxyl groups excluding tert-OH is 2. The predicted octanol–water partition coefficient (Wildman–Crippen LogP) is 2.47. The van der Waals surface area contributed by atoms with Gasteiger partial charge in [-0.3, -0.25) is 0 Å². The molecule has 2 N–H and O–H groups in total. The molecule has 0 aliphatic carbocycles. The van der Waals surface area contributed by atoms with Crippen LogP contribution in [-0.2, 0) is 9.47 Å². The van der Waals surface area contributed by atoms with Gasteiger partial charge in [0.15, 0.2) is 0 Å². The molecule has 0 bridgehead atoms. The van der Waals surface area contributed by atoms with Crippen LogP contribution in [0.15, 0.2) is 0 Å². The van der Waals surface area contributed by atoms with E-state index >= 15 is 0 Å². The summed E-state index contributed by atoms with van der Waals surface area (Å²) in [5.41, 5.74) is -0.171. The van der Waals surface area contributed by atoms with Gasteiger partial charge in [-0.25, -0.2) is 0 Å². The van der Waals surface area contributed by atoms with Gasteiger partial charge in [0.1, 0.15) is 0 Å². The fourth-order valence-corrected chi connectivity index (χ4v) is 2.44. The minimum absolute atomic E-state index is 0.0343. The van der Waals surface area contributed by atoms with Crippen molar-refractivity contribution in [1.29, 1.82) is 0 Å². The fourth-order valence-electron chi connectivity index (χ4n) is 2.44. The van der Waals surface area contributed by atoms with E-state index in [1.54, 1.807) is 0 Å². The average Bonchev–Trinajstić information content (AvgIpc) is 2.29. The Kier molecular flexibility index (Phi) is 8.26. The Morgan fingerprint density at radius 1 is 0.800 bits per heavy atom. The van der Waals surface area contributed by atoms with E-state index in [1.807, 2.05) is 0 Å². The molecule has 0 aliphatic heterocycles. The quantitative estimate of drug-likeness (QED) is 0.641. The van der Waals surface area contributed by atoms with E-state index in [4.69, 9.17) is 14.6 Å². The third kappa shape index (κ3) is 7.02. The molecule has 1 unspecified atom stereocenters. The SMILES string of the molecule is CC(C)(C)CC(CO)(COCCOCCO)C(C)(C)C. The lowest BCUT2D eigenvalue weighted by Crippen LogP contribution is -2.46. The molecular weight excluding hydrogens is 256 g/mol. The van der Waals surface area contributed by atoms with Gasteiger partial charge in [-0.15, -0.1) is 0 Å². The second-order valence-electron chi connectivity index (χ2n) is 7.81. The lowest BCUT2D eigenvalue weighted by atomic mass is 9.61. The Morgan fingerprint density at radius 2 is 1.35 bits per heavy atom. The van der Waals surface area contributed by atoms with Gasteiger partial charge in [0.2, 0.25) is 0 Å². The van der Waals surface area contributed by atoms with E-state index in [0.717, 1.165) is 6.42 Å². The molecule has 0 aromatic carbocycles. The van der Waals surface area contributed by atoms with Gasteiger partial charge >= 0.3 is 0 Å². The van der Waals surface area contributed by atoms with E-state index < -0.39 is 0 Å². The molecule has 0 aromatic heterocycles. The Morgan fingerprint density at radius 3 is 1.75 bits per heavy atom. The van der Waals surface area contributed by atoms with Crippen molar-refractivity contribution in [3.8, 4) is 0 Å². The zero-order chi connectivity index (χ0) is 15.9. The van der Waals surface area contributed by atoms with Gasteiger partial charge in [-0.05, 0) is 17.3 Å². The Labute approximate surface area is 124 Å². The molecule has 20 heavy (non-hydrogen) atoms. The van der Waals surface area contributed by atoms with Gasteiger partial charge in [0.05, 0.1) is 39.6 Å². The molecule has 4 nitrogen and oxygen atoms in total. The second-order valence-corrected chi connectivity index (χ2v) is 7.81. The minimum atomic E-state index is -0.262. The molecule has 122 valence electrons. The van der Waals surface area contributed by atoms with Gasteiger partial charge in [0, 0.05) is 5.41 Å². The average molecular weight is 290 g/mol. The largest absolute Gasteiger partial charge is 0.396 e. The van der Waals surface area contributed by atoms with E-state index in [9.17, 15) is 5.11 Å². The maximum atomic E-state index is 9.97. The molecular formula is C16H34O4. The molecule has 0 saturated carbocycles. The minimum Gasteiger partial charge on any atom is -0.396 e. The van der Waals surface area contributed by atoms with E-state index in [-0.39, 0.29) is 29.5 Å². The molecule has 1 atom stereocenters. The third-order valence-electron chi connectivity index (χ3n) is 3.75. The van der Waals surface area contributed by atoms with Crippen molar-refractivity contribution in [2.24, 2.45) is 16.2 Å². The Bertz CT molecular complexity index is 252. The molecule has 0 aliphatic rings. The zero-order valence-electron chi connectivity index (χ0n) is 14.2.